The van der Waals surface area contributed by atoms with Crippen molar-refractivity contribution in [2.24, 2.45) is 0 Å². The van der Waals surface area contributed by atoms with Crippen LogP contribution in [-0.2, 0) is 19.2 Å². The van der Waals surface area contributed by atoms with Gasteiger partial charge in [0.1, 0.15) is 12.1 Å². The Morgan fingerprint density at radius 3 is 1.36 bits per heavy atom. The van der Waals surface area contributed by atoms with E-state index in [1.165, 1.54) is 0 Å². The van der Waals surface area contributed by atoms with Gasteiger partial charge in [0.25, 0.3) is 0 Å². The fraction of sp³-hybridized carbons (Fsp3) is 0.545. The maximum Gasteiger partial charge on any atom is 0.327 e. The van der Waals surface area contributed by atoms with Crippen LogP contribution < -0.4 is 10.6 Å². The molecule has 2 unspecified atom stereocenters. The Labute approximate surface area is 134 Å². The number of nitrogens with one attached hydrogen (secondary N) is 2. The van der Waals surface area contributed by atoms with E-state index in [0.29, 0.717) is 23.5 Å². The highest BCUT2D eigenvalue weighted by Gasteiger charge is 2.23. The van der Waals surface area contributed by atoms with Crippen LogP contribution in [0.3, 0.4) is 0 Å². The molecule has 124 valence electrons. The Morgan fingerprint density at radius 2 is 1.14 bits per heavy atom. The number of rotatable bonds is 8. The van der Waals surface area contributed by atoms with Gasteiger partial charge < -0.3 is 20.8 Å². The molecule has 0 radical (unpaired) electrons. The number of aliphatic carboxylic acids is 2. The third-order valence-electron chi connectivity index (χ3n) is 2.09. The zero-order valence-corrected chi connectivity index (χ0v) is 13.5. The molecule has 0 saturated heterocycles. The van der Waals surface area contributed by atoms with Gasteiger partial charge in [-0.3, -0.25) is 14.4 Å². The zero-order chi connectivity index (χ0) is 17.3. The summed E-state index contributed by atoms with van der Waals surface area (Å²) in [5.74, 6) is -3.99. The van der Waals surface area contributed by atoms with Gasteiger partial charge in [-0.1, -0.05) is 23.5 Å². The molecule has 22 heavy (non-hydrogen) atoms. The second-order valence-corrected chi connectivity index (χ2v) is 6.30. The molecule has 9 nitrogen and oxygen atoms in total. The molecule has 0 aromatic carbocycles. The predicted octanol–water partition coefficient (Wildman–Crippen LogP) is -0.249. The van der Waals surface area contributed by atoms with E-state index < -0.39 is 40.3 Å². The second kappa shape index (κ2) is 10.1. The third kappa shape index (κ3) is 9.23. The van der Waals surface area contributed by atoms with E-state index in [2.05, 4.69) is 10.6 Å². The number of thioether (sulfide) groups is 2. The third-order valence-corrected chi connectivity index (χ3v) is 4.27. The summed E-state index contributed by atoms with van der Waals surface area (Å²) < 4.78 is -0.506. The summed E-state index contributed by atoms with van der Waals surface area (Å²) in [4.78, 5) is 54.9. The highest BCUT2D eigenvalue weighted by Crippen LogP contribution is 2.18. The Kier molecular flexibility index (Phi) is 9.26. The molecule has 4 N–H and O–H groups in total. The molecule has 2 atom stereocenters. The van der Waals surface area contributed by atoms with Crippen molar-refractivity contribution < 1.29 is 34.2 Å². The molecule has 0 aromatic heterocycles. The highest BCUT2D eigenvalue weighted by molar-refractivity contribution is 8.38. The van der Waals surface area contributed by atoms with Gasteiger partial charge in [0, 0.05) is 25.4 Å². The van der Waals surface area contributed by atoms with E-state index in [1.54, 1.807) is 0 Å². The number of carboxylic acids is 2. The van der Waals surface area contributed by atoms with Crippen LogP contribution in [-0.4, -0.2) is 62.0 Å². The molecule has 0 bridgehead atoms. The summed E-state index contributed by atoms with van der Waals surface area (Å²) in [6, 6.07) is -2.42. The van der Waals surface area contributed by atoms with E-state index in [0.717, 1.165) is 13.8 Å². The summed E-state index contributed by atoms with van der Waals surface area (Å²) in [6.07, 6.45) is 0. The van der Waals surface area contributed by atoms with Gasteiger partial charge >= 0.3 is 11.9 Å². The Bertz CT molecular complexity index is 429. The lowest BCUT2D eigenvalue weighted by molar-refractivity contribution is -0.141. The zero-order valence-electron chi connectivity index (χ0n) is 11.8. The van der Waals surface area contributed by atoms with Gasteiger partial charge in [-0.15, -0.1) is 0 Å². The first-order valence-corrected chi connectivity index (χ1v) is 7.90. The molecule has 0 rings (SSSR count). The molecule has 0 aromatic rings. The Balaban J connectivity index is 4.31. The largest absolute Gasteiger partial charge is 0.480 e. The van der Waals surface area contributed by atoms with Crippen LogP contribution in [0.5, 0.6) is 0 Å². The van der Waals surface area contributed by atoms with Gasteiger partial charge in [-0.05, 0) is 0 Å². The molecule has 11 heteroatoms. The van der Waals surface area contributed by atoms with Crippen molar-refractivity contribution in [2.75, 3.05) is 11.5 Å². The summed E-state index contributed by atoms with van der Waals surface area (Å²) in [5, 5.41) is 22.1. The number of amides is 2. The van der Waals surface area contributed by atoms with Crippen LogP contribution in [0.2, 0.25) is 0 Å². The van der Waals surface area contributed by atoms with Gasteiger partial charge in [-0.2, -0.15) is 0 Å². The molecular formula is C11H16N2O7S2. The van der Waals surface area contributed by atoms with Crippen molar-refractivity contribution in [3.05, 3.63) is 0 Å². The Hall–Kier alpha value is -1.75. The first-order chi connectivity index (χ1) is 10.1. The average Bonchev–Trinajstić information content (AvgIpc) is 2.37. The first kappa shape index (κ1) is 20.2. The standard InChI is InChI=1S/C11H16N2O7S2/c1-5(14)12-7(9(16)17)3-21-11(20)22-4-8(10(18)19)13-6(2)15/h7-8H,3-4H2,1-2H3,(H,12,14)(H,13,15)(H,16,17)(H,18,19)/i3+1,4+1,7+1,8+1,12+1,13+1. The van der Waals surface area contributed by atoms with Crippen molar-refractivity contribution in [3.63, 3.8) is 0 Å². The maximum absolute atomic E-state index is 11.6. The van der Waals surface area contributed by atoms with E-state index in [1.807, 2.05) is 0 Å². The van der Waals surface area contributed by atoms with E-state index in [9.17, 15) is 24.0 Å². The molecule has 0 aliphatic carbocycles. The molecule has 0 spiro atoms. The van der Waals surface area contributed by atoms with Gasteiger partial charge in [0.2, 0.25) is 16.3 Å². The second-order valence-electron chi connectivity index (χ2n) is 4.05. The molecule has 0 heterocycles. The van der Waals surface area contributed by atoms with Crippen LogP contribution in [0.1, 0.15) is 13.8 Å². The van der Waals surface area contributed by atoms with Gasteiger partial charge in [0.15, 0.2) is 0 Å². The lowest BCUT2D eigenvalue weighted by atomic mass is 10.8. The monoisotopic (exact) mass is 358 g/mol. The Morgan fingerprint density at radius 1 is 0.818 bits per heavy atom. The summed E-state index contributed by atoms with van der Waals surface area (Å²) in [7, 11) is 0. The van der Waals surface area contributed by atoms with Crippen LogP contribution in [0.15, 0.2) is 0 Å². The van der Waals surface area contributed by atoms with Gasteiger partial charge in [-0.25, -0.2) is 9.59 Å². The van der Waals surface area contributed by atoms with Crippen LogP contribution in [0.25, 0.3) is 0 Å². The minimum Gasteiger partial charge on any atom is -0.480 e. The van der Waals surface area contributed by atoms with Gasteiger partial charge in [0.05, 0.1) is 0 Å². The summed E-state index contributed by atoms with van der Waals surface area (Å²) in [5.41, 5.74) is 0. The molecule has 0 aliphatic rings. The van der Waals surface area contributed by atoms with Crippen molar-refractivity contribution in [1.29, 1.82) is 0 Å². The minimum absolute atomic E-state index is 0.182. The van der Waals surface area contributed by atoms with Crippen molar-refractivity contribution in [1.82, 2.24) is 10.6 Å². The molecule has 2 amide bonds. The van der Waals surface area contributed by atoms with E-state index in [4.69, 9.17) is 10.2 Å². The predicted molar refractivity (Wildman–Crippen MR) is 80.8 cm³/mol. The SMILES string of the molecule is CC(=O)[15NH][13CH]([13CH2]SC(=O)S[13CH2][13CH]([15NH]C(C)=O)C(=O)O)C(=O)O. The van der Waals surface area contributed by atoms with Crippen molar-refractivity contribution >= 4 is 51.7 Å². The van der Waals surface area contributed by atoms with E-state index in [-0.39, 0.29) is 11.5 Å². The van der Waals surface area contributed by atoms with E-state index >= 15 is 0 Å². The topological polar surface area (TPSA) is 150 Å². The fourth-order valence-electron chi connectivity index (χ4n) is 1.18. The number of hydrogen-bond donors (Lipinski definition) is 4. The lowest BCUT2D eigenvalue weighted by Crippen LogP contribution is -2.42. The number of carboxylic acid groups (broad SMARTS) is 2. The molecular weight excluding hydrogens is 342 g/mol. The molecule has 0 aliphatic heterocycles. The maximum atomic E-state index is 11.6. The average molecular weight is 358 g/mol. The lowest BCUT2D eigenvalue weighted by Gasteiger charge is -2.13. The highest BCUT2D eigenvalue weighted by atomic mass is 32.2. The summed E-state index contributed by atoms with van der Waals surface area (Å²) in [6.45, 7) is 2.31. The quantitative estimate of drug-likeness (QED) is 0.340. The summed E-state index contributed by atoms with van der Waals surface area (Å²) >= 11 is 1.30. The number of hydrogen-bond acceptors (Lipinski definition) is 7. The molecule has 0 fully saturated rings. The van der Waals surface area contributed by atoms with Crippen LogP contribution in [0.4, 0.5) is 4.79 Å². The van der Waals surface area contributed by atoms with Crippen molar-refractivity contribution in [2.45, 2.75) is 25.9 Å². The minimum atomic E-state index is -1.28. The fourth-order valence-corrected chi connectivity index (χ4v) is 2.98. The number of carbonyl (C=O) groups excluding carboxylic acids is 3. The normalized spacial score (nSPS) is 12.8. The first-order valence-electron chi connectivity index (χ1n) is 5.92. The van der Waals surface area contributed by atoms with Crippen molar-refractivity contribution in [3.8, 4) is 0 Å². The molecule has 0 saturated carbocycles. The number of carbonyl (C=O) groups is 5. The van der Waals surface area contributed by atoms with Crippen LogP contribution >= 0.6 is 23.5 Å². The smallest absolute Gasteiger partial charge is 0.327 e. The van der Waals surface area contributed by atoms with Crippen LogP contribution in [0, 0.1) is 0 Å².